The van der Waals surface area contributed by atoms with Crippen molar-refractivity contribution in [2.24, 2.45) is 0 Å². The largest absolute Gasteiger partial charge is 0.455 e. The Morgan fingerprint density at radius 3 is 1.69 bits per heavy atom. The van der Waals surface area contributed by atoms with Gasteiger partial charge in [-0.1, -0.05) is 133 Å². The lowest BCUT2D eigenvalue weighted by molar-refractivity contribution is 0.670. The summed E-state index contributed by atoms with van der Waals surface area (Å²) in [6.45, 7) is 0. The zero-order chi connectivity index (χ0) is 33.5. The Bertz CT molecular complexity index is 3090. The van der Waals surface area contributed by atoms with Crippen LogP contribution in [-0.4, -0.2) is 0 Å². The molecule has 2 heterocycles. The summed E-state index contributed by atoms with van der Waals surface area (Å²) in [6, 6.07) is 63.7. The third-order valence-corrected chi connectivity index (χ3v) is 11.7. The highest BCUT2D eigenvalue weighted by molar-refractivity contribution is 7.27. The summed E-state index contributed by atoms with van der Waals surface area (Å²) in [6.07, 6.45) is 0. The maximum Gasteiger partial charge on any atom is 0.143 e. The van der Waals surface area contributed by atoms with Crippen molar-refractivity contribution < 1.29 is 4.42 Å². The lowest BCUT2D eigenvalue weighted by Crippen LogP contribution is -2.10. The predicted molar refractivity (Wildman–Crippen MR) is 219 cm³/mol. The van der Waals surface area contributed by atoms with Gasteiger partial charge in [0.2, 0.25) is 0 Å². The molecule has 0 saturated heterocycles. The van der Waals surface area contributed by atoms with Crippen molar-refractivity contribution in [2.75, 3.05) is 4.90 Å². The van der Waals surface area contributed by atoms with Crippen LogP contribution in [0.15, 0.2) is 180 Å². The van der Waals surface area contributed by atoms with Crippen LogP contribution in [-0.2, 0) is 0 Å². The average molecular weight is 668 g/mol. The minimum atomic E-state index is 0.915. The van der Waals surface area contributed by atoms with Crippen LogP contribution in [0.1, 0.15) is 0 Å². The van der Waals surface area contributed by atoms with Crippen LogP contribution in [0.3, 0.4) is 0 Å². The van der Waals surface area contributed by atoms with E-state index in [0.29, 0.717) is 0 Å². The number of furan rings is 1. The quantitative estimate of drug-likeness (QED) is 0.186. The third kappa shape index (κ3) is 4.35. The van der Waals surface area contributed by atoms with E-state index in [1.807, 2.05) is 17.4 Å². The van der Waals surface area contributed by atoms with Gasteiger partial charge in [0.25, 0.3) is 0 Å². The molecule has 0 aliphatic rings. The topological polar surface area (TPSA) is 16.4 Å². The Kier molecular flexibility index (Phi) is 6.16. The Morgan fingerprint density at radius 1 is 0.373 bits per heavy atom. The van der Waals surface area contributed by atoms with E-state index in [1.165, 1.54) is 63.7 Å². The summed E-state index contributed by atoms with van der Waals surface area (Å²) in [5.41, 5.74) is 7.59. The molecule has 11 aromatic rings. The number of fused-ring (bicyclic) bond motifs is 10. The van der Waals surface area contributed by atoms with Gasteiger partial charge >= 0.3 is 0 Å². The highest BCUT2D eigenvalue weighted by Crippen LogP contribution is 2.49. The van der Waals surface area contributed by atoms with Crippen molar-refractivity contribution >= 4 is 103 Å². The first-order chi connectivity index (χ1) is 25.3. The molecule has 0 aliphatic heterocycles. The van der Waals surface area contributed by atoms with E-state index in [1.54, 1.807) is 0 Å². The summed E-state index contributed by atoms with van der Waals surface area (Å²) in [7, 11) is 0. The molecule has 0 radical (unpaired) electrons. The van der Waals surface area contributed by atoms with Gasteiger partial charge in [0.05, 0.1) is 10.4 Å². The number of benzene rings is 9. The van der Waals surface area contributed by atoms with E-state index >= 15 is 0 Å². The molecule has 0 fully saturated rings. The minimum absolute atomic E-state index is 0.915. The number of anilines is 3. The Balaban J connectivity index is 1.20. The molecule has 0 spiro atoms. The summed E-state index contributed by atoms with van der Waals surface area (Å²) in [5, 5.41) is 12.2. The van der Waals surface area contributed by atoms with Crippen LogP contribution < -0.4 is 4.90 Å². The third-order valence-electron chi connectivity index (χ3n) is 10.4. The molecule has 238 valence electrons. The molecule has 9 aromatic carbocycles. The van der Waals surface area contributed by atoms with Crippen LogP contribution in [0.2, 0.25) is 0 Å². The highest BCUT2D eigenvalue weighted by atomic mass is 32.1. The van der Waals surface area contributed by atoms with Gasteiger partial charge in [0, 0.05) is 48.6 Å². The van der Waals surface area contributed by atoms with Crippen molar-refractivity contribution in [2.45, 2.75) is 0 Å². The van der Waals surface area contributed by atoms with Crippen molar-refractivity contribution in [3.63, 3.8) is 0 Å². The second-order valence-electron chi connectivity index (χ2n) is 13.3. The number of para-hydroxylation sites is 2. The Hall–Kier alpha value is -6.42. The predicted octanol–water partition coefficient (Wildman–Crippen LogP) is 14.6. The second kappa shape index (κ2) is 11.0. The fraction of sp³-hybridized carbons (Fsp3) is 0. The number of hydrogen-bond donors (Lipinski definition) is 0. The molecule has 0 aliphatic carbocycles. The maximum absolute atomic E-state index is 6.57. The van der Waals surface area contributed by atoms with Crippen LogP contribution >= 0.6 is 11.3 Å². The van der Waals surface area contributed by atoms with Gasteiger partial charge in [-0.2, -0.15) is 0 Å². The van der Waals surface area contributed by atoms with Crippen LogP contribution in [0, 0.1) is 0 Å². The van der Waals surface area contributed by atoms with Crippen molar-refractivity contribution in [3.8, 4) is 11.1 Å². The summed E-state index contributed by atoms with van der Waals surface area (Å²) in [4.78, 5) is 2.44. The first kappa shape index (κ1) is 28.4. The summed E-state index contributed by atoms with van der Waals surface area (Å²) < 4.78 is 9.13. The van der Waals surface area contributed by atoms with Gasteiger partial charge in [-0.15, -0.1) is 11.3 Å². The molecule has 11 rings (SSSR count). The van der Waals surface area contributed by atoms with Gasteiger partial charge in [0.1, 0.15) is 11.2 Å². The number of hydrogen-bond acceptors (Lipinski definition) is 3. The molecule has 0 atom stereocenters. The van der Waals surface area contributed by atoms with Gasteiger partial charge in [0.15, 0.2) is 0 Å². The highest BCUT2D eigenvalue weighted by Gasteiger charge is 2.22. The minimum Gasteiger partial charge on any atom is -0.455 e. The monoisotopic (exact) mass is 667 g/mol. The van der Waals surface area contributed by atoms with Gasteiger partial charge < -0.3 is 9.32 Å². The Morgan fingerprint density at radius 2 is 0.941 bits per heavy atom. The lowest BCUT2D eigenvalue weighted by Gasteiger charge is -2.26. The van der Waals surface area contributed by atoms with Crippen molar-refractivity contribution in [3.05, 3.63) is 176 Å². The zero-order valence-electron chi connectivity index (χ0n) is 27.5. The first-order valence-electron chi connectivity index (χ1n) is 17.3. The van der Waals surface area contributed by atoms with Crippen LogP contribution in [0.5, 0.6) is 0 Å². The van der Waals surface area contributed by atoms with Crippen LogP contribution in [0.25, 0.3) is 85.6 Å². The van der Waals surface area contributed by atoms with E-state index in [4.69, 9.17) is 4.42 Å². The van der Waals surface area contributed by atoms with Gasteiger partial charge in [-0.05, 0) is 75.0 Å². The van der Waals surface area contributed by atoms with Gasteiger partial charge in [-0.25, -0.2) is 0 Å². The molecule has 0 unspecified atom stereocenters. The molecular weight excluding hydrogens is 639 g/mol. The normalized spacial score (nSPS) is 11.9. The second-order valence-corrected chi connectivity index (χ2v) is 14.3. The number of thiophene rings is 1. The lowest BCUT2D eigenvalue weighted by atomic mass is 9.94. The van der Waals surface area contributed by atoms with E-state index in [2.05, 4.69) is 175 Å². The molecule has 0 amide bonds. The number of rotatable bonds is 4. The SMILES string of the molecule is c1ccc2cc(N(c3ccc4ccccc4c3)c3cccc4c3sc3c5ccccc5c(-c5cccc6c5oc5ccccc56)cc43)ccc2c1. The van der Waals surface area contributed by atoms with Crippen LogP contribution in [0.4, 0.5) is 17.1 Å². The standard InChI is InChI=1S/C48H29NOS/c1-3-13-32-27-34(25-23-30(32)11-1)49(35-26-24-31-12-2-4-14-33(31)28-35)44-21-10-20-41-43-29-42(36-15-5-6-17-40(36)47(43)51-48(41)44)39-19-9-18-38-37-16-7-8-22-45(37)50-46(38)39/h1-29H. The zero-order valence-corrected chi connectivity index (χ0v) is 28.3. The van der Waals surface area contributed by atoms with E-state index in [-0.39, 0.29) is 0 Å². The fourth-order valence-corrected chi connectivity index (χ4v) is 9.34. The molecule has 3 heteroatoms. The molecule has 51 heavy (non-hydrogen) atoms. The molecule has 2 aromatic heterocycles. The molecule has 0 saturated carbocycles. The summed E-state index contributed by atoms with van der Waals surface area (Å²) >= 11 is 1.89. The summed E-state index contributed by atoms with van der Waals surface area (Å²) in [5.74, 6) is 0. The van der Waals surface area contributed by atoms with Crippen molar-refractivity contribution in [1.82, 2.24) is 0 Å². The Labute approximate surface area is 298 Å². The molecular formula is C48H29NOS. The number of nitrogens with zero attached hydrogens (tertiary/aromatic N) is 1. The molecule has 2 nitrogen and oxygen atoms in total. The molecule has 0 bridgehead atoms. The maximum atomic E-state index is 6.57. The van der Waals surface area contributed by atoms with E-state index in [9.17, 15) is 0 Å². The van der Waals surface area contributed by atoms with E-state index < -0.39 is 0 Å². The molecule has 0 N–H and O–H groups in total. The first-order valence-corrected chi connectivity index (χ1v) is 18.2. The van der Waals surface area contributed by atoms with Crippen molar-refractivity contribution in [1.29, 1.82) is 0 Å². The van der Waals surface area contributed by atoms with Gasteiger partial charge in [-0.3, -0.25) is 0 Å². The fourth-order valence-electron chi connectivity index (χ4n) is 8.02. The smallest absolute Gasteiger partial charge is 0.143 e. The average Bonchev–Trinajstić information content (AvgIpc) is 3.77. The van der Waals surface area contributed by atoms with E-state index in [0.717, 1.165) is 38.9 Å².